The van der Waals surface area contributed by atoms with E-state index >= 15 is 0 Å². The van der Waals surface area contributed by atoms with Crippen LogP contribution in [0.2, 0.25) is 0 Å². The van der Waals surface area contributed by atoms with Crippen LogP contribution >= 0.6 is 0 Å². The number of aromatic nitrogens is 5. The van der Waals surface area contributed by atoms with Gasteiger partial charge < -0.3 is 10.3 Å². The number of H-pyrrole nitrogens is 1. The number of carbonyl (C=O) groups excluding carboxylic acids is 1. The van der Waals surface area contributed by atoms with Gasteiger partial charge in [0.15, 0.2) is 0 Å². The first-order chi connectivity index (χ1) is 12.7. The molecule has 4 rings (SSSR count). The molecule has 0 saturated heterocycles. The molecule has 0 aliphatic heterocycles. The highest BCUT2D eigenvalue weighted by atomic mass is 16.2. The molecule has 0 radical (unpaired) electrons. The van der Waals surface area contributed by atoms with Gasteiger partial charge in [-0.25, -0.2) is 14.6 Å². The maximum Gasteiger partial charge on any atom is 0.272 e. The normalized spacial score (nSPS) is 15.0. The largest absolute Gasteiger partial charge is 0.341 e. The molecule has 1 aliphatic rings. The van der Waals surface area contributed by atoms with Crippen molar-refractivity contribution in [2.24, 2.45) is 5.92 Å². The number of aromatic amines is 1. The molecule has 1 amide bonds. The summed E-state index contributed by atoms with van der Waals surface area (Å²) in [6, 6.07) is 9.67. The number of imidazole rings is 1. The highest BCUT2D eigenvalue weighted by molar-refractivity contribution is 5.94. The molecule has 0 bridgehead atoms. The van der Waals surface area contributed by atoms with Crippen molar-refractivity contribution in [3.05, 3.63) is 53.9 Å². The molecule has 0 spiro atoms. The molecule has 2 aromatic heterocycles. The van der Waals surface area contributed by atoms with E-state index in [0.29, 0.717) is 17.4 Å². The van der Waals surface area contributed by atoms with Gasteiger partial charge in [-0.3, -0.25) is 4.79 Å². The predicted molar refractivity (Wildman–Crippen MR) is 97.4 cm³/mol. The van der Waals surface area contributed by atoms with E-state index in [1.54, 1.807) is 6.33 Å². The zero-order chi connectivity index (χ0) is 18.1. The van der Waals surface area contributed by atoms with E-state index in [4.69, 9.17) is 0 Å². The van der Waals surface area contributed by atoms with Crippen molar-refractivity contribution >= 4 is 5.91 Å². The summed E-state index contributed by atoms with van der Waals surface area (Å²) in [5, 5.41) is 7.37. The summed E-state index contributed by atoms with van der Waals surface area (Å²) in [7, 11) is 0. The molecule has 0 unspecified atom stereocenters. The van der Waals surface area contributed by atoms with Crippen molar-refractivity contribution in [2.45, 2.75) is 39.3 Å². The topological polar surface area (TPSA) is 88.5 Å². The standard InChI is InChI=1S/C19H22N6O/c1-3-25-18(20-11-21-25)16(13-9-10-13)24-19(26)15-12(2)22-17(23-15)14-7-5-4-6-8-14/h4-8,11,13,16H,3,9-10H2,1-2H3,(H,22,23)(H,24,26)/t16-/m0/s1. The van der Waals surface area contributed by atoms with Crippen molar-refractivity contribution in [3.63, 3.8) is 0 Å². The van der Waals surface area contributed by atoms with Crippen LogP contribution in [0.4, 0.5) is 0 Å². The van der Waals surface area contributed by atoms with Gasteiger partial charge in [-0.2, -0.15) is 5.10 Å². The average Bonchev–Trinajstić information content (AvgIpc) is 3.26. The molecule has 134 valence electrons. The average molecular weight is 350 g/mol. The number of rotatable bonds is 6. The van der Waals surface area contributed by atoms with Crippen LogP contribution in [0.3, 0.4) is 0 Å². The summed E-state index contributed by atoms with van der Waals surface area (Å²) in [6.45, 7) is 4.62. The molecule has 1 saturated carbocycles. The minimum absolute atomic E-state index is 0.124. The van der Waals surface area contributed by atoms with Gasteiger partial charge in [-0.15, -0.1) is 0 Å². The molecular weight excluding hydrogens is 328 g/mol. The third-order valence-electron chi connectivity index (χ3n) is 4.75. The molecule has 2 heterocycles. The monoisotopic (exact) mass is 350 g/mol. The summed E-state index contributed by atoms with van der Waals surface area (Å²) in [5.74, 6) is 1.76. The molecular formula is C19H22N6O. The number of benzene rings is 1. The van der Waals surface area contributed by atoms with Crippen molar-refractivity contribution < 1.29 is 4.79 Å². The predicted octanol–water partition coefficient (Wildman–Crippen LogP) is 2.88. The minimum atomic E-state index is -0.177. The summed E-state index contributed by atoms with van der Waals surface area (Å²) < 4.78 is 1.84. The lowest BCUT2D eigenvalue weighted by atomic mass is 10.1. The molecule has 1 atom stereocenters. The quantitative estimate of drug-likeness (QED) is 0.715. The number of hydrogen-bond donors (Lipinski definition) is 2. The Bertz CT molecular complexity index is 909. The maximum atomic E-state index is 12.9. The van der Waals surface area contributed by atoms with Crippen molar-refractivity contribution in [3.8, 4) is 11.4 Å². The Morgan fingerprint density at radius 2 is 2.12 bits per heavy atom. The van der Waals surface area contributed by atoms with Crippen LogP contribution in [0.1, 0.15) is 47.8 Å². The van der Waals surface area contributed by atoms with E-state index in [1.165, 1.54) is 0 Å². The maximum absolute atomic E-state index is 12.9. The van der Waals surface area contributed by atoms with E-state index in [9.17, 15) is 4.79 Å². The molecule has 1 aliphatic carbocycles. The SMILES string of the molecule is CCn1ncnc1[C@@H](NC(=O)c1nc(-c2ccccc2)[nH]c1C)C1CC1. The minimum Gasteiger partial charge on any atom is -0.341 e. The van der Waals surface area contributed by atoms with Crippen LogP contribution in [-0.4, -0.2) is 30.6 Å². The number of carbonyl (C=O) groups is 1. The Hall–Kier alpha value is -2.96. The molecule has 1 fully saturated rings. The van der Waals surface area contributed by atoms with E-state index < -0.39 is 0 Å². The van der Waals surface area contributed by atoms with Crippen molar-refractivity contribution in [1.29, 1.82) is 0 Å². The number of hydrogen-bond acceptors (Lipinski definition) is 4. The van der Waals surface area contributed by atoms with Gasteiger partial charge in [-0.05, 0) is 32.6 Å². The number of amides is 1. The van der Waals surface area contributed by atoms with Gasteiger partial charge in [-0.1, -0.05) is 30.3 Å². The van der Waals surface area contributed by atoms with Crippen LogP contribution in [0.25, 0.3) is 11.4 Å². The summed E-state index contributed by atoms with van der Waals surface area (Å²) in [5.41, 5.74) is 2.14. The van der Waals surface area contributed by atoms with Gasteiger partial charge in [0, 0.05) is 17.8 Å². The lowest BCUT2D eigenvalue weighted by molar-refractivity contribution is 0.0923. The second-order valence-electron chi connectivity index (χ2n) is 6.65. The fraction of sp³-hybridized carbons (Fsp3) is 0.368. The van der Waals surface area contributed by atoms with E-state index in [0.717, 1.165) is 36.5 Å². The number of nitrogens with one attached hydrogen (secondary N) is 2. The zero-order valence-corrected chi connectivity index (χ0v) is 14.9. The second-order valence-corrected chi connectivity index (χ2v) is 6.65. The van der Waals surface area contributed by atoms with Gasteiger partial charge >= 0.3 is 0 Å². The first kappa shape index (κ1) is 16.5. The third-order valence-corrected chi connectivity index (χ3v) is 4.75. The number of nitrogens with zero attached hydrogens (tertiary/aromatic N) is 4. The Balaban J connectivity index is 1.58. The van der Waals surface area contributed by atoms with Gasteiger partial charge in [0.2, 0.25) is 0 Å². The van der Waals surface area contributed by atoms with E-state index in [2.05, 4.69) is 25.4 Å². The highest BCUT2D eigenvalue weighted by Gasteiger charge is 2.37. The van der Waals surface area contributed by atoms with Crippen LogP contribution in [-0.2, 0) is 6.54 Å². The highest BCUT2D eigenvalue weighted by Crippen LogP contribution is 2.40. The van der Waals surface area contributed by atoms with Crippen LogP contribution in [0.5, 0.6) is 0 Å². The molecule has 7 heteroatoms. The molecule has 26 heavy (non-hydrogen) atoms. The lowest BCUT2D eigenvalue weighted by Crippen LogP contribution is -2.32. The van der Waals surface area contributed by atoms with Crippen molar-refractivity contribution in [1.82, 2.24) is 30.0 Å². The fourth-order valence-electron chi connectivity index (χ4n) is 3.20. The van der Waals surface area contributed by atoms with Gasteiger partial charge in [0.25, 0.3) is 5.91 Å². The van der Waals surface area contributed by atoms with Crippen molar-refractivity contribution in [2.75, 3.05) is 0 Å². The Morgan fingerprint density at radius 1 is 1.35 bits per heavy atom. The molecule has 2 N–H and O–H groups in total. The van der Waals surface area contributed by atoms with Crippen LogP contribution in [0.15, 0.2) is 36.7 Å². The van der Waals surface area contributed by atoms with Crippen LogP contribution in [0, 0.1) is 12.8 Å². The molecule has 1 aromatic carbocycles. The summed E-state index contributed by atoms with van der Waals surface area (Å²) >= 11 is 0. The Kier molecular flexibility index (Phi) is 4.28. The summed E-state index contributed by atoms with van der Waals surface area (Å²) in [4.78, 5) is 25.0. The first-order valence-electron chi connectivity index (χ1n) is 8.98. The fourth-order valence-corrected chi connectivity index (χ4v) is 3.20. The molecule has 3 aromatic rings. The Labute approximate surface area is 151 Å². The third kappa shape index (κ3) is 3.12. The first-order valence-corrected chi connectivity index (χ1v) is 8.98. The van der Waals surface area contributed by atoms with E-state index in [1.807, 2.05) is 48.9 Å². The lowest BCUT2D eigenvalue weighted by Gasteiger charge is -2.17. The Morgan fingerprint density at radius 3 is 2.81 bits per heavy atom. The van der Waals surface area contributed by atoms with E-state index in [-0.39, 0.29) is 11.9 Å². The molecule has 7 nitrogen and oxygen atoms in total. The van der Waals surface area contributed by atoms with Crippen LogP contribution < -0.4 is 5.32 Å². The second kappa shape index (κ2) is 6.74. The van der Waals surface area contributed by atoms with Gasteiger partial charge in [0.05, 0.1) is 6.04 Å². The number of aryl methyl sites for hydroxylation is 2. The smallest absolute Gasteiger partial charge is 0.272 e. The van der Waals surface area contributed by atoms with Gasteiger partial charge in [0.1, 0.15) is 23.7 Å². The zero-order valence-electron chi connectivity index (χ0n) is 14.9. The summed E-state index contributed by atoms with van der Waals surface area (Å²) in [6.07, 6.45) is 3.74.